The van der Waals surface area contributed by atoms with Gasteiger partial charge in [0.05, 0.1) is 11.1 Å². The Balaban J connectivity index is 1.54. The Labute approximate surface area is 161 Å². The number of thiophene rings is 1. The minimum absolute atomic E-state index is 0.185. The van der Waals surface area contributed by atoms with E-state index in [1.54, 1.807) is 17.4 Å². The first kappa shape index (κ1) is 17.6. The third kappa shape index (κ3) is 3.27. The van der Waals surface area contributed by atoms with E-state index in [2.05, 4.69) is 27.7 Å². The van der Waals surface area contributed by atoms with Crippen LogP contribution in [0.3, 0.4) is 0 Å². The van der Waals surface area contributed by atoms with Crippen molar-refractivity contribution >= 4 is 39.8 Å². The fourth-order valence-corrected chi connectivity index (χ4v) is 4.71. The highest BCUT2D eigenvalue weighted by Crippen LogP contribution is 2.31. The third-order valence-corrected chi connectivity index (χ3v) is 6.30. The van der Waals surface area contributed by atoms with E-state index >= 15 is 0 Å². The summed E-state index contributed by atoms with van der Waals surface area (Å²) in [5.41, 5.74) is 1.40. The average molecular weight is 389 g/mol. The molecule has 0 saturated carbocycles. The fraction of sp³-hybridized carbons (Fsp3) is 0.350. The maximum atomic E-state index is 12.8. The van der Waals surface area contributed by atoms with E-state index in [1.807, 2.05) is 19.1 Å². The highest BCUT2D eigenvalue weighted by atomic mass is 35.5. The summed E-state index contributed by atoms with van der Waals surface area (Å²) in [5.74, 6) is 0.162. The number of fused-ring (bicyclic) bond motifs is 1. The van der Waals surface area contributed by atoms with E-state index < -0.39 is 0 Å². The Hall–Kier alpha value is -1.82. The summed E-state index contributed by atoms with van der Waals surface area (Å²) in [4.78, 5) is 16.5. The fourth-order valence-electron chi connectivity index (χ4n) is 3.64. The van der Waals surface area contributed by atoms with Gasteiger partial charge in [-0.05, 0) is 50.4 Å². The van der Waals surface area contributed by atoms with Crippen molar-refractivity contribution in [1.82, 2.24) is 10.2 Å². The summed E-state index contributed by atoms with van der Waals surface area (Å²) < 4.78 is 5.78. The Morgan fingerprint density at radius 1 is 1.31 bits per heavy atom. The molecule has 1 atom stereocenters. The molecule has 1 amide bonds. The van der Waals surface area contributed by atoms with Gasteiger partial charge in [-0.3, -0.25) is 9.69 Å². The number of benzene rings is 1. The zero-order chi connectivity index (χ0) is 18.1. The number of amides is 1. The second-order valence-corrected chi connectivity index (χ2v) is 8.04. The Bertz CT molecular complexity index is 913. The number of halogens is 1. The van der Waals surface area contributed by atoms with Crippen LogP contribution >= 0.6 is 22.9 Å². The molecule has 0 bridgehead atoms. The number of para-hydroxylation sites is 1. The molecule has 1 aliphatic rings. The minimum Gasteiger partial charge on any atom is -0.449 e. The van der Waals surface area contributed by atoms with Gasteiger partial charge in [-0.1, -0.05) is 29.8 Å². The van der Waals surface area contributed by atoms with Crippen LogP contribution in [0, 0.1) is 6.92 Å². The normalized spacial score (nSPS) is 16.2. The number of aryl methyl sites for hydroxylation is 1. The van der Waals surface area contributed by atoms with Gasteiger partial charge in [-0.2, -0.15) is 0 Å². The van der Waals surface area contributed by atoms with Crippen LogP contribution in [0.25, 0.3) is 11.0 Å². The van der Waals surface area contributed by atoms with E-state index in [1.165, 1.54) is 17.7 Å². The summed E-state index contributed by atoms with van der Waals surface area (Å²) in [5, 5.41) is 6.58. The number of carbonyl (C=O) groups excluding carboxylic acids is 1. The van der Waals surface area contributed by atoms with Crippen molar-refractivity contribution in [2.75, 3.05) is 19.6 Å². The van der Waals surface area contributed by atoms with Crippen molar-refractivity contribution in [3.05, 3.63) is 56.9 Å². The molecule has 1 saturated heterocycles. The third-order valence-electron chi connectivity index (χ3n) is 5.03. The lowest BCUT2D eigenvalue weighted by atomic mass is 10.1. The van der Waals surface area contributed by atoms with Crippen molar-refractivity contribution in [3.8, 4) is 0 Å². The first-order valence-corrected chi connectivity index (χ1v) is 10.1. The van der Waals surface area contributed by atoms with Crippen molar-refractivity contribution in [2.24, 2.45) is 0 Å². The SMILES string of the molecule is Cc1c(C(=O)NC[C@H](c2cccs2)N2CCCC2)oc2c(Cl)cccc12. The highest BCUT2D eigenvalue weighted by Gasteiger charge is 2.26. The van der Waals surface area contributed by atoms with Crippen LogP contribution in [-0.2, 0) is 0 Å². The lowest BCUT2D eigenvalue weighted by Gasteiger charge is -2.26. The molecule has 26 heavy (non-hydrogen) atoms. The van der Waals surface area contributed by atoms with E-state index in [-0.39, 0.29) is 11.9 Å². The molecule has 0 unspecified atom stereocenters. The molecule has 0 spiro atoms. The van der Waals surface area contributed by atoms with Gasteiger partial charge >= 0.3 is 0 Å². The first-order valence-electron chi connectivity index (χ1n) is 8.88. The van der Waals surface area contributed by atoms with Gasteiger partial charge < -0.3 is 9.73 Å². The molecule has 1 N–H and O–H groups in total. The van der Waals surface area contributed by atoms with Crippen molar-refractivity contribution in [1.29, 1.82) is 0 Å². The van der Waals surface area contributed by atoms with Gasteiger partial charge in [-0.25, -0.2) is 0 Å². The number of likely N-dealkylation sites (tertiary alicyclic amines) is 1. The van der Waals surface area contributed by atoms with Gasteiger partial charge in [0.1, 0.15) is 0 Å². The van der Waals surface area contributed by atoms with E-state index in [4.69, 9.17) is 16.0 Å². The molecular weight excluding hydrogens is 368 g/mol. The molecule has 6 heteroatoms. The summed E-state index contributed by atoms with van der Waals surface area (Å²) in [6, 6.07) is 10.00. The predicted molar refractivity (Wildman–Crippen MR) is 106 cm³/mol. The summed E-state index contributed by atoms with van der Waals surface area (Å²) >= 11 is 7.94. The molecule has 4 nitrogen and oxygen atoms in total. The van der Waals surface area contributed by atoms with Crippen LogP contribution < -0.4 is 5.32 Å². The van der Waals surface area contributed by atoms with Crippen molar-refractivity contribution in [3.63, 3.8) is 0 Å². The zero-order valence-electron chi connectivity index (χ0n) is 14.6. The minimum atomic E-state index is -0.185. The summed E-state index contributed by atoms with van der Waals surface area (Å²) in [6.45, 7) is 4.63. The maximum absolute atomic E-state index is 12.8. The Morgan fingerprint density at radius 3 is 2.81 bits per heavy atom. The van der Waals surface area contributed by atoms with Crippen molar-refractivity contribution < 1.29 is 9.21 Å². The van der Waals surface area contributed by atoms with Crippen LogP contribution in [-0.4, -0.2) is 30.4 Å². The van der Waals surface area contributed by atoms with Crippen LogP contribution in [0.15, 0.2) is 40.1 Å². The first-order chi connectivity index (χ1) is 12.6. The number of furan rings is 1. The van der Waals surface area contributed by atoms with E-state index in [0.717, 1.165) is 24.0 Å². The molecule has 1 fully saturated rings. The molecule has 1 aromatic carbocycles. The van der Waals surface area contributed by atoms with Gasteiger partial charge in [0.25, 0.3) is 5.91 Å². The molecule has 4 rings (SSSR count). The number of nitrogens with zero attached hydrogens (tertiary/aromatic N) is 1. The second kappa shape index (κ2) is 7.43. The van der Waals surface area contributed by atoms with Crippen molar-refractivity contribution in [2.45, 2.75) is 25.8 Å². The largest absolute Gasteiger partial charge is 0.449 e. The second-order valence-electron chi connectivity index (χ2n) is 6.66. The Kier molecular flexibility index (Phi) is 5.02. The smallest absolute Gasteiger partial charge is 0.287 e. The van der Waals surface area contributed by atoms with Gasteiger partial charge in [0.2, 0.25) is 0 Å². The number of hydrogen-bond donors (Lipinski definition) is 1. The number of hydrogen-bond acceptors (Lipinski definition) is 4. The van der Waals surface area contributed by atoms with Crippen LogP contribution in [0.4, 0.5) is 0 Å². The van der Waals surface area contributed by atoms with Crippen LogP contribution in [0.5, 0.6) is 0 Å². The monoisotopic (exact) mass is 388 g/mol. The molecule has 0 radical (unpaired) electrons. The average Bonchev–Trinajstić information content (AvgIpc) is 3.38. The predicted octanol–water partition coefficient (Wildman–Crippen LogP) is 5.02. The lowest BCUT2D eigenvalue weighted by molar-refractivity contribution is 0.0912. The lowest BCUT2D eigenvalue weighted by Crippen LogP contribution is -2.36. The highest BCUT2D eigenvalue weighted by molar-refractivity contribution is 7.10. The number of nitrogens with one attached hydrogen (secondary N) is 1. The summed E-state index contributed by atoms with van der Waals surface area (Å²) in [7, 11) is 0. The molecule has 3 aromatic rings. The number of rotatable bonds is 5. The number of carbonyl (C=O) groups is 1. The van der Waals surface area contributed by atoms with E-state index in [0.29, 0.717) is 22.9 Å². The standard InChI is InChI=1S/C20H21ClN2O2S/c1-13-14-6-4-7-15(21)19(14)25-18(13)20(24)22-12-16(17-8-5-11-26-17)23-9-2-3-10-23/h4-8,11,16H,2-3,9-10,12H2,1H3,(H,22,24)/t16-/m1/s1. The molecule has 136 valence electrons. The molecule has 2 aromatic heterocycles. The van der Waals surface area contributed by atoms with Gasteiger partial charge in [0, 0.05) is 22.4 Å². The topological polar surface area (TPSA) is 45.5 Å². The van der Waals surface area contributed by atoms with Gasteiger partial charge in [-0.15, -0.1) is 11.3 Å². The molecular formula is C20H21ClN2O2S. The molecule has 0 aliphatic carbocycles. The summed E-state index contributed by atoms with van der Waals surface area (Å²) in [6.07, 6.45) is 2.44. The van der Waals surface area contributed by atoms with Crippen LogP contribution in [0.1, 0.15) is 39.9 Å². The van der Waals surface area contributed by atoms with E-state index in [9.17, 15) is 4.79 Å². The van der Waals surface area contributed by atoms with Crippen LogP contribution in [0.2, 0.25) is 5.02 Å². The zero-order valence-corrected chi connectivity index (χ0v) is 16.2. The Morgan fingerprint density at radius 2 is 2.12 bits per heavy atom. The molecule has 3 heterocycles. The maximum Gasteiger partial charge on any atom is 0.287 e. The van der Waals surface area contributed by atoms with Gasteiger partial charge in [0.15, 0.2) is 11.3 Å². The molecule has 1 aliphatic heterocycles. The quantitative estimate of drug-likeness (QED) is 0.667.